The molecule has 0 radical (unpaired) electrons. The minimum absolute atomic E-state index is 0.226. The third-order valence-electron chi connectivity index (χ3n) is 4.92. The fourth-order valence-electron chi connectivity index (χ4n) is 3.34. The van der Waals surface area contributed by atoms with E-state index in [0.29, 0.717) is 23.2 Å². The van der Waals surface area contributed by atoms with Gasteiger partial charge >= 0.3 is 0 Å². The Morgan fingerprint density at radius 2 is 1.88 bits per heavy atom. The van der Waals surface area contributed by atoms with Crippen molar-refractivity contribution in [2.45, 2.75) is 45.6 Å². The normalized spacial score (nSPS) is 14.7. The summed E-state index contributed by atoms with van der Waals surface area (Å²) in [5.74, 6) is 1.81. The van der Waals surface area contributed by atoms with E-state index >= 15 is 0 Å². The SMILES string of the molecule is Cc1oc2ncnc(NC(=O)c3ccc(OC4CCCC4)cc3)c2c1C. The molecule has 1 saturated carbocycles. The highest BCUT2D eigenvalue weighted by Gasteiger charge is 2.18. The fraction of sp³-hybridized carbons (Fsp3) is 0.350. The number of carbonyl (C=O) groups excluding carboxylic acids is 1. The number of furan rings is 1. The highest BCUT2D eigenvalue weighted by molar-refractivity contribution is 6.07. The number of ether oxygens (including phenoxy) is 1. The van der Waals surface area contributed by atoms with Crippen LogP contribution in [0.1, 0.15) is 47.4 Å². The second-order valence-electron chi connectivity index (χ2n) is 6.69. The maximum atomic E-state index is 12.6. The molecule has 6 heteroatoms. The Kier molecular flexibility index (Phi) is 4.32. The number of aromatic nitrogens is 2. The number of nitrogens with zero attached hydrogens (tertiary/aromatic N) is 2. The largest absolute Gasteiger partial charge is 0.490 e. The van der Waals surface area contributed by atoms with E-state index in [2.05, 4.69) is 15.3 Å². The van der Waals surface area contributed by atoms with E-state index in [0.717, 1.165) is 35.3 Å². The van der Waals surface area contributed by atoms with Gasteiger partial charge in [0.05, 0.1) is 11.5 Å². The lowest BCUT2D eigenvalue weighted by Gasteiger charge is -2.13. The zero-order valence-electron chi connectivity index (χ0n) is 14.9. The van der Waals surface area contributed by atoms with Gasteiger partial charge in [0.25, 0.3) is 5.91 Å². The lowest BCUT2D eigenvalue weighted by molar-refractivity contribution is 0.102. The van der Waals surface area contributed by atoms with Crippen LogP contribution in [0.25, 0.3) is 11.1 Å². The predicted octanol–water partition coefficient (Wildman–Crippen LogP) is 4.41. The Bertz CT molecular complexity index is 941. The molecule has 1 N–H and O–H groups in total. The summed E-state index contributed by atoms with van der Waals surface area (Å²) in [5.41, 5.74) is 1.95. The third kappa shape index (κ3) is 3.14. The molecule has 0 saturated heterocycles. The van der Waals surface area contributed by atoms with Gasteiger partial charge in [-0.2, -0.15) is 0 Å². The molecule has 0 bridgehead atoms. The second kappa shape index (κ2) is 6.78. The predicted molar refractivity (Wildman–Crippen MR) is 98.6 cm³/mol. The van der Waals surface area contributed by atoms with Crippen LogP contribution < -0.4 is 10.1 Å². The highest BCUT2D eigenvalue weighted by atomic mass is 16.5. The number of fused-ring (bicyclic) bond motifs is 1. The molecule has 3 aromatic rings. The van der Waals surface area contributed by atoms with Gasteiger partial charge in [0, 0.05) is 11.1 Å². The summed E-state index contributed by atoms with van der Waals surface area (Å²) >= 11 is 0. The molecule has 0 atom stereocenters. The van der Waals surface area contributed by atoms with Crippen LogP contribution in [0.2, 0.25) is 0 Å². The molecule has 1 fully saturated rings. The van der Waals surface area contributed by atoms with E-state index < -0.39 is 0 Å². The lowest BCUT2D eigenvalue weighted by Crippen LogP contribution is -2.14. The molecule has 134 valence electrons. The van der Waals surface area contributed by atoms with Crippen molar-refractivity contribution in [2.24, 2.45) is 0 Å². The van der Waals surface area contributed by atoms with Gasteiger partial charge in [-0.25, -0.2) is 9.97 Å². The van der Waals surface area contributed by atoms with Crippen LogP contribution in [0.15, 0.2) is 35.0 Å². The number of rotatable bonds is 4. The number of amides is 1. The van der Waals surface area contributed by atoms with Crippen molar-refractivity contribution in [1.82, 2.24) is 9.97 Å². The summed E-state index contributed by atoms with van der Waals surface area (Å²) in [5, 5.41) is 3.59. The summed E-state index contributed by atoms with van der Waals surface area (Å²) in [6.07, 6.45) is 6.36. The first-order valence-electron chi connectivity index (χ1n) is 8.90. The minimum atomic E-state index is -0.226. The maximum absolute atomic E-state index is 12.6. The standard InChI is InChI=1S/C20H21N3O3/c1-12-13(2)25-20-17(12)18(21-11-22-20)23-19(24)14-7-9-16(10-8-14)26-15-5-3-4-6-15/h7-11,15H,3-6H2,1-2H3,(H,21,22,23,24). The van der Waals surface area contributed by atoms with Crippen LogP contribution in [0.4, 0.5) is 5.82 Å². The summed E-state index contributed by atoms with van der Waals surface area (Å²) in [6, 6.07) is 7.23. The Labute approximate surface area is 151 Å². The molecular weight excluding hydrogens is 330 g/mol. The van der Waals surface area contributed by atoms with Gasteiger partial charge in [-0.1, -0.05) is 0 Å². The first-order chi connectivity index (χ1) is 12.6. The van der Waals surface area contributed by atoms with E-state index in [-0.39, 0.29) is 5.91 Å². The smallest absolute Gasteiger partial charge is 0.256 e. The number of benzene rings is 1. The van der Waals surface area contributed by atoms with Crippen molar-refractivity contribution >= 4 is 22.8 Å². The molecule has 6 nitrogen and oxygen atoms in total. The van der Waals surface area contributed by atoms with E-state index in [1.807, 2.05) is 26.0 Å². The molecule has 2 heterocycles. The Morgan fingerprint density at radius 1 is 1.15 bits per heavy atom. The number of hydrogen-bond donors (Lipinski definition) is 1. The molecule has 4 rings (SSSR count). The van der Waals surface area contributed by atoms with Crippen LogP contribution in [0.5, 0.6) is 5.75 Å². The number of hydrogen-bond acceptors (Lipinski definition) is 5. The molecule has 0 unspecified atom stereocenters. The molecule has 26 heavy (non-hydrogen) atoms. The number of nitrogens with one attached hydrogen (secondary N) is 1. The van der Waals surface area contributed by atoms with Gasteiger partial charge in [-0.15, -0.1) is 0 Å². The van der Waals surface area contributed by atoms with Crippen molar-refractivity contribution in [3.63, 3.8) is 0 Å². The molecule has 1 amide bonds. The average Bonchev–Trinajstić information content (AvgIpc) is 3.24. The molecule has 0 spiro atoms. The van der Waals surface area contributed by atoms with Gasteiger partial charge in [0.2, 0.25) is 5.71 Å². The maximum Gasteiger partial charge on any atom is 0.256 e. The van der Waals surface area contributed by atoms with Gasteiger partial charge in [0.15, 0.2) is 0 Å². The zero-order valence-corrected chi connectivity index (χ0v) is 14.9. The molecule has 0 aliphatic heterocycles. The van der Waals surface area contributed by atoms with Crippen LogP contribution >= 0.6 is 0 Å². The molecule has 1 aliphatic rings. The average molecular weight is 351 g/mol. The van der Waals surface area contributed by atoms with Crippen LogP contribution in [-0.2, 0) is 0 Å². The Hall–Kier alpha value is -2.89. The Balaban J connectivity index is 1.51. The number of anilines is 1. The third-order valence-corrected chi connectivity index (χ3v) is 4.92. The van der Waals surface area contributed by atoms with Gasteiger partial charge in [-0.05, 0) is 63.8 Å². The van der Waals surface area contributed by atoms with Gasteiger partial charge in [0.1, 0.15) is 23.7 Å². The highest BCUT2D eigenvalue weighted by Crippen LogP contribution is 2.28. The zero-order chi connectivity index (χ0) is 18.1. The first kappa shape index (κ1) is 16.6. The monoisotopic (exact) mass is 351 g/mol. The molecular formula is C20H21N3O3. The fourth-order valence-corrected chi connectivity index (χ4v) is 3.34. The quantitative estimate of drug-likeness (QED) is 0.753. The Morgan fingerprint density at radius 3 is 2.62 bits per heavy atom. The van der Waals surface area contributed by atoms with Crippen molar-refractivity contribution < 1.29 is 13.9 Å². The lowest BCUT2D eigenvalue weighted by atomic mass is 10.2. The summed E-state index contributed by atoms with van der Waals surface area (Å²) < 4.78 is 11.5. The van der Waals surface area contributed by atoms with Crippen LogP contribution in [-0.4, -0.2) is 22.0 Å². The van der Waals surface area contributed by atoms with E-state index in [1.54, 1.807) is 12.1 Å². The molecule has 2 aromatic heterocycles. The number of aryl methyl sites for hydroxylation is 2. The van der Waals surface area contributed by atoms with Crippen molar-refractivity contribution in [3.8, 4) is 5.75 Å². The molecule has 1 aromatic carbocycles. The van der Waals surface area contributed by atoms with Crippen LogP contribution in [0.3, 0.4) is 0 Å². The molecule has 1 aliphatic carbocycles. The summed E-state index contributed by atoms with van der Waals surface area (Å²) in [6.45, 7) is 3.79. The first-order valence-corrected chi connectivity index (χ1v) is 8.90. The summed E-state index contributed by atoms with van der Waals surface area (Å²) in [4.78, 5) is 20.9. The summed E-state index contributed by atoms with van der Waals surface area (Å²) in [7, 11) is 0. The minimum Gasteiger partial charge on any atom is -0.490 e. The van der Waals surface area contributed by atoms with E-state index in [4.69, 9.17) is 9.15 Å². The van der Waals surface area contributed by atoms with Gasteiger partial charge < -0.3 is 14.5 Å². The van der Waals surface area contributed by atoms with Gasteiger partial charge in [-0.3, -0.25) is 4.79 Å². The van der Waals surface area contributed by atoms with E-state index in [9.17, 15) is 4.79 Å². The van der Waals surface area contributed by atoms with E-state index in [1.165, 1.54) is 19.2 Å². The topological polar surface area (TPSA) is 77.3 Å². The number of carbonyl (C=O) groups is 1. The van der Waals surface area contributed by atoms with Crippen molar-refractivity contribution in [2.75, 3.05) is 5.32 Å². The van der Waals surface area contributed by atoms with Crippen molar-refractivity contribution in [3.05, 3.63) is 47.5 Å². The second-order valence-corrected chi connectivity index (χ2v) is 6.69. The van der Waals surface area contributed by atoms with Crippen molar-refractivity contribution in [1.29, 1.82) is 0 Å². The van der Waals surface area contributed by atoms with Crippen LogP contribution in [0, 0.1) is 13.8 Å².